The normalized spacial score (nSPS) is 20.6. The number of hydrogen-bond donors (Lipinski definition) is 2. The first kappa shape index (κ1) is 13.0. The van der Waals surface area contributed by atoms with Gasteiger partial charge in [-0.1, -0.05) is 0 Å². The van der Waals surface area contributed by atoms with Crippen LogP contribution < -0.4 is 5.73 Å². The molecule has 0 radical (unpaired) electrons. The molecule has 2 rings (SSSR count). The number of piperidine rings is 1. The molecule has 2 heterocycles. The Morgan fingerprint density at radius 1 is 1.59 bits per heavy atom. The molecule has 4 nitrogen and oxygen atoms in total. The van der Waals surface area contributed by atoms with Crippen molar-refractivity contribution in [3.63, 3.8) is 0 Å². The Morgan fingerprint density at radius 3 is 2.94 bits per heavy atom. The van der Waals surface area contributed by atoms with Crippen LogP contribution in [0.3, 0.4) is 0 Å². The van der Waals surface area contributed by atoms with E-state index in [0.717, 1.165) is 18.1 Å². The van der Waals surface area contributed by atoms with Crippen LogP contribution in [0, 0.1) is 0 Å². The van der Waals surface area contributed by atoms with Gasteiger partial charge in [0.05, 0.1) is 16.8 Å². The molecule has 0 aromatic carbocycles. The smallest absolute Gasteiger partial charge is 0.0954 e. The van der Waals surface area contributed by atoms with E-state index in [9.17, 15) is 5.11 Å². The quantitative estimate of drug-likeness (QED) is 0.836. The summed E-state index contributed by atoms with van der Waals surface area (Å²) in [5, 5.41) is 12.7. The highest BCUT2D eigenvalue weighted by Crippen LogP contribution is 2.28. The lowest BCUT2D eigenvalue weighted by molar-refractivity contribution is 0.183. The SMILES string of the molecule is CN1CCC(c2csc(CC(O)CN)n2)CC1. The Balaban J connectivity index is 1.93. The molecule has 17 heavy (non-hydrogen) atoms. The number of hydrogen-bond acceptors (Lipinski definition) is 5. The number of rotatable bonds is 4. The van der Waals surface area contributed by atoms with Crippen LogP contribution in [0.25, 0.3) is 0 Å². The molecule has 0 bridgehead atoms. The van der Waals surface area contributed by atoms with Gasteiger partial charge >= 0.3 is 0 Å². The lowest BCUT2D eigenvalue weighted by Crippen LogP contribution is -2.29. The van der Waals surface area contributed by atoms with Gasteiger partial charge in [0.15, 0.2) is 0 Å². The van der Waals surface area contributed by atoms with E-state index in [1.165, 1.54) is 18.5 Å². The molecule has 1 aliphatic heterocycles. The van der Waals surface area contributed by atoms with Crippen LogP contribution in [-0.4, -0.2) is 47.8 Å². The summed E-state index contributed by atoms with van der Waals surface area (Å²) >= 11 is 1.65. The lowest BCUT2D eigenvalue weighted by atomic mass is 9.94. The van der Waals surface area contributed by atoms with Gasteiger partial charge in [0.1, 0.15) is 0 Å². The third-order valence-electron chi connectivity index (χ3n) is 3.39. The number of thiazole rings is 1. The fourth-order valence-electron chi connectivity index (χ4n) is 2.20. The number of likely N-dealkylation sites (tertiary alicyclic amines) is 1. The molecular formula is C12H21N3OS. The molecule has 0 aliphatic carbocycles. The van der Waals surface area contributed by atoms with Crippen molar-refractivity contribution >= 4 is 11.3 Å². The molecule has 1 unspecified atom stereocenters. The standard InChI is InChI=1S/C12H21N3OS/c1-15-4-2-9(3-5-15)11-8-17-12(14-11)6-10(16)7-13/h8-10,16H,2-7,13H2,1H3. The van der Waals surface area contributed by atoms with E-state index < -0.39 is 6.10 Å². The first-order chi connectivity index (χ1) is 8.19. The summed E-state index contributed by atoms with van der Waals surface area (Å²) in [5.74, 6) is 0.603. The van der Waals surface area contributed by atoms with Crippen molar-refractivity contribution in [1.82, 2.24) is 9.88 Å². The summed E-state index contributed by atoms with van der Waals surface area (Å²) < 4.78 is 0. The lowest BCUT2D eigenvalue weighted by Gasteiger charge is -2.27. The number of aromatic nitrogens is 1. The van der Waals surface area contributed by atoms with Crippen LogP contribution >= 0.6 is 11.3 Å². The van der Waals surface area contributed by atoms with Crippen molar-refractivity contribution in [2.45, 2.75) is 31.3 Å². The van der Waals surface area contributed by atoms with Gasteiger partial charge in [-0.2, -0.15) is 0 Å². The Kier molecular flexibility index (Phi) is 4.50. The Hall–Kier alpha value is -0.490. The fraction of sp³-hybridized carbons (Fsp3) is 0.750. The van der Waals surface area contributed by atoms with Crippen LogP contribution in [0.5, 0.6) is 0 Å². The van der Waals surface area contributed by atoms with Gasteiger partial charge in [0, 0.05) is 24.3 Å². The maximum Gasteiger partial charge on any atom is 0.0954 e. The summed E-state index contributed by atoms with van der Waals surface area (Å²) in [6.07, 6.45) is 2.53. The molecule has 1 aromatic heterocycles. The van der Waals surface area contributed by atoms with Crippen LogP contribution in [0.2, 0.25) is 0 Å². The van der Waals surface area contributed by atoms with Crippen LogP contribution in [-0.2, 0) is 6.42 Å². The molecule has 5 heteroatoms. The van der Waals surface area contributed by atoms with Gasteiger partial charge < -0.3 is 15.7 Å². The van der Waals surface area contributed by atoms with E-state index in [2.05, 4.69) is 22.3 Å². The largest absolute Gasteiger partial charge is 0.391 e. The highest BCUT2D eigenvalue weighted by Gasteiger charge is 2.20. The Bertz CT molecular complexity index is 347. The Labute approximate surface area is 106 Å². The molecule has 0 saturated carbocycles. The second kappa shape index (κ2) is 5.91. The monoisotopic (exact) mass is 255 g/mol. The molecule has 1 aromatic rings. The summed E-state index contributed by atoms with van der Waals surface area (Å²) in [4.78, 5) is 6.99. The molecule has 1 aliphatic rings. The molecule has 3 N–H and O–H groups in total. The van der Waals surface area contributed by atoms with Gasteiger partial charge in [0.25, 0.3) is 0 Å². The zero-order valence-electron chi connectivity index (χ0n) is 10.3. The molecule has 0 amide bonds. The molecular weight excluding hydrogens is 234 g/mol. The highest BCUT2D eigenvalue weighted by molar-refractivity contribution is 7.09. The van der Waals surface area contributed by atoms with Gasteiger partial charge in [-0.15, -0.1) is 11.3 Å². The number of aliphatic hydroxyl groups is 1. The van der Waals surface area contributed by atoms with E-state index in [0.29, 0.717) is 18.9 Å². The first-order valence-corrected chi connectivity index (χ1v) is 7.08. The summed E-state index contributed by atoms with van der Waals surface area (Å²) in [5.41, 5.74) is 6.62. The van der Waals surface area contributed by atoms with E-state index >= 15 is 0 Å². The molecule has 1 fully saturated rings. The average molecular weight is 255 g/mol. The van der Waals surface area contributed by atoms with E-state index in [1.54, 1.807) is 11.3 Å². The summed E-state index contributed by atoms with van der Waals surface area (Å²) in [7, 11) is 2.17. The molecule has 0 spiro atoms. The van der Waals surface area contributed by atoms with E-state index in [1.807, 2.05) is 0 Å². The predicted octanol–water partition coefficient (Wildman–Crippen LogP) is 0.814. The summed E-state index contributed by atoms with van der Waals surface area (Å²) in [6.45, 7) is 2.62. The summed E-state index contributed by atoms with van der Waals surface area (Å²) in [6, 6.07) is 0. The van der Waals surface area contributed by atoms with E-state index in [4.69, 9.17) is 5.73 Å². The zero-order valence-corrected chi connectivity index (χ0v) is 11.1. The second-order valence-corrected chi connectivity index (χ2v) is 5.78. The average Bonchev–Trinajstić information content (AvgIpc) is 2.78. The van der Waals surface area contributed by atoms with Crippen molar-refractivity contribution in [1.29, 1.82) is 0 Å². The highest BCUT2D eigenvalue weighted by atomic mass is 32.1. The molecule has 1 atom stereocenters. The van der Waals surface area contributed by atoms with Crippen molar-refractivity contribution < 1.29 is 5.11 Å². The van der Waals surface area contributed by atoms with Crippen LogP contribution in [0.1, 0.15) is 29.5 Å². The van der Waals surface area contributed by atoms with Crippen molar-refractivity contribution in [3.8, 4) is 0 Å². The number of nitrogens with zero attached hydrogens (tertiary/aromatic N) is 2. The zero-order chi connectivity index (χ0) is 12.3. The topological polar surface area (TPSA) is 62.4 Å². The second-order valence-electron chi connectivity index (χ2n) is 4.84. The van der Waals surface area contributed by atoms with Crippen molar-refractivity contribution in [2.24, 2.45) is 5.73 Å². The fourth-order valence-corrected chi connectivity index (χ4v) is 3.14. The number of aliphatic hydroxyl groups excluding tert-OH is 1. The minimum Gasteiger partial charge on any atom is -0.391 e. The van der Waals surface area contributed by atoms with Gasteiger partial charge in [-0.3, -0.25) is 0 Å². The van der Waals surface area contributed by atoms with Gasteiger partial charge in [0.2, 0.25) is 0 Å². The van der Waals surface area contributed by atoms with Crippen LogP contribution in [0.15, 0.2) is 5.38 Å². The van der Waals surface area contributed by atoms with Crippen LogP contribution in [0.4, 0.5) is 0 Å². The maximum absolute atomic E-state index is 9.50. The number of nitrogens with two attached hydrogens (primary N) is 1. The third kappa shape index (κ3) is 3.48. The predicted molar refractivity (Wildman–Crippen MR) is 70.4 cm³/mol. The van der Waals surface area contributed by atoms with Crippen molar-refractivity contribution in [2.75, 3.05) is 26.7 Å². The Morgan fingerprint density at radius 2 is 2.29 bits per heavy atom. The minimum atomic E-state index is -0.452. The molecule has 1 saturated heterocycles. The maximum atomic E-state index is 9.50. The minimum absolute atomic E-state index is 0.309. The van der Waals surface area contributed by atoms with Crippen molar-refractivity contribution in [3.05, 3.63) is 16.1 Å². The molecule has 96 valence electrons. The van der Waals surface area contributed by atoms with Gasteiger partial charge in [-0.05, 0) is 33.0 Å². The van der Waals surface area contributed by atoms with E-state index in [-0.39, 0.29) is 0 Å². The van der Waals surface area contributed by atoms with Gasteiger partial charge in [-0.25, -0.2) is 4.98 Å². The third-order valence-corrected chi connectivity index (χ3v) is 4.28. The first-order valence-electron chi connectivity index (χ1n) is 6.20.